The van der Waals surface area contributed by atoms with Crippen molar-refractivity contribution in [3.05, 3.63) is 71.8 Å². The summed E-state index contributed by atoms with van der Waals surface area (Å²) in [6.07, 6.45) is 0.396. The van der Waals surface area contributed by atoms with E-state index in [-0.39, 0.29) is 5.78 Å². The van der Waals surface area contributed by atoms with Gasteiger partial charge in [0.15, 0.2) is 5.78 Å². The maximum Gasteiger partial charge on any atom is 0.307 e. The van der Waals surface area contributed by atoms with E-state index in [0.717, 1.165) is 5.56 Å². The second kappa shape index (κ2) is 7.90. The summed E-state index contributed by atoms with van der Waals surface area (Å²) in [6.45, 7) is 0. The van der Waals surface area contributed by atoms with Crippen molar-refractivity contribution in [2.24, 2.45) is 5.92 Å². The zero-order chi connectivity index (χ0) is 15.9. The number of carboxylic acid groups (broad SMARTS) is 1. The lowest BCUT2D eigenvalue weighted by atomic mass is 9.79. The number of ketones is 1. The molecular formula is C18H17BrO3. The molecule has 0 bridgehead atoms. The molecule has 4 heteroatoms. The SMILES string of the molecule is O=C(O)C(CCBr)C(C(=O)c1ccccc1)c1ccccc1. The quantitative estimate of drug-likeness (QED) is 0.596. The molecule has 0 amide bonds. The number of carboxylic acids is 1. The Morgan fingerprint density at radius 1 is 0.955 bits per heavy atom. The highest BCUT2D eigenvalue weighted by atomic mass is 79.9. The number of carbonyl (C=O) groups is 2. The van der Waals surface area contributed by atoms with Crippen LogP contribution in [0, 0.1) is 5.92 Å². The zero-order valence-corrected chi connectivity index (χ0v) is 13.6. The van der Waals surface area contributed by atoms with Gasteiger partial charge < -0.3 is 5.11 Å². The van der Waals surface area contributed by atoms with Gasteiger partial charge in [0.25, 0.3) is 0 Å². The minimum atomic E-state index is -0.947. The number of hydrogen-bond donors (Lipinski definition) is 1. The first-order valence-electron chi connectivity index (χ1n) is 7.08. The molecule has 2 aromatic rings. The molecular weight excluding hydrogens is 344 g/mol. The largest absolute Gasteiger partial charge is 0.481 e. The highest BCUT2D eigenvalue weighted by Crippen LogP contribution is 2.31. The molecule has 2 rings (SSSR count). The van der Waals surface area contributed by atoms with E-state index in [1.807, 2.05) is 36.4 Å². The van der Waals surface area contributed by atoms with Gasteiger partial charge in [0.1, 0.15) is 0 Å². The van der Waals surface area contributed by atoms with E-state index in [1.54, 1.807) is 24.3 Å². The standard InChI is InChI=1S/C18H17BrO3/c19-12-11-15(18(21)22)16(13-7-3-1-4-8-13)17(20)14-9-5-2-6-10-14/h1-10,15-16H,11-12H2,(H,21,22). The average molecular weight is 361 g/mol. The molecule has 1 N–H and O–H groups in total. The third-order valence-electron chi connectivity index (χ3n) is 3.64. The monoisotopic (exact) mass is 360 g/mol. The van der Waals surface area contributed by atoms with Crippen molar-refractivity contribution in [1.82, 2.24) is 0 Å². The molecule has 0 aromatic heterocycles. The lowest BCUT2D eigenvalue weighted by Gasteiger charge is -2.23. The molecule has 2 atom stereocenters. The van der Waals surface area contributed by atoms with Crippen LogP contribution in [0.4, 0.5) is 0 Å². The first-order chi connectivity index (χ1) is 10.6. The van der Waals surface area contributed by atoms with Crippen molar-refractivity contribution in [2.45, 2.75) is 12.3 Å². The molecule has 0 aliphatic heterocycles. The summed E-state index contributed by atoms with van der Waals surface area (Å²) in [6, 6.07) is 18.0. The normalized spacial score (nSPS) is 13.3. The molecule has 22 heavy (non-hydrogen) atoms. The highest BCUT2D eigenvalue weighted by molar-refractivity contribution is 9.09. The summed E-state index contributed by atoms with van der Waals surface area (Å²) in [4.78, 5) is 24.6. The maximum atomic E-state index is 12.9. The van der Waals surface area contributed by atoms with Crippen LogP contribution in [-0.4, -0.2) is 22.2 Å². The number of aliphatic carboxylic acids is 1. The average Bonchev–Trinajstić information content (AvgIpc) is 2.56. The Balaban J connectivity index is 2.45. The first kappa shape index (κ1) is 16.4. The van der Waals surface area contributed by atoms with Crippen LogP contribution in [-0.2, 0) is 4.79 Å². The highest BCUT2D eigenvalue weighted by Gasteiger charge is 2.34. The van der Waals surface area contributed by atoms with Gasteiger partial charge >= 0.3 is 5.97 Å². The Morgan fingerprint density at radius 3 is 2.00 bits per heavy atom. The lowest BCUT2D eigenvalue weighted by molar-refractivity contribution is -0.142. The van der Waals surface area contributed by atoms with Crippen LogP contribution in [0.2, 0.25) is 0 Å². The van der Waals surface area contributed by atoms with E-state index in [2.05, 4.69) is 15.9 Å². The minimum absolute atomic E-state index is 0.153. The van der Waals surface area contributed by atoms with Crippen LogP contribution >= 0.6 is 15.9 Å². The van der Waals surface area contributed by atoms with Gasteiger partial charge in [-0.05, 0) is 12.0 Å². The summed E-state index contributed by atoms with van der Waals surface area (Å²) >= 11 is 3.29. The van der Waals surface area contributed by atoms with Crippen LogP contribution in [0.1, 0.15) is 28.3 Å². The predicted octanol–water partition coefficient (Wildman–Crippen LogP) is 4.14. The molecule has 114 valence electrons. The van der Waals surface area contributed by atoms with Gasteiger partial charge in [0.05, 0.1) is 11.8 Å². The lowest BCUT2D eigenvalue weighted by Crippen LogP contribution is -2.28. The summed E-state index contributed by atoms with van der Waals surface area (Å²) in [7, 11) is 0. The van der Waals surface area contributed by atoms with Gasteiger partial charge in [-0.3, -0.25) is 9.59 Å². The van der Waals surface area contributed by atoms with Crippen LogP contribution in [0.3, 0.4) is 0 Å². The summed E-state index contributed by atoms with van der Waals surface area (Å²) in [5.74, 6) is -2.54. The van der Waals surface area contributed by atoms with Crippen molar-refractivity contribution < 1.29 is 14.7 Å². The number of halogens is 1. The Labute approximate surface area is 138 Å². The van der Waals surface area contributed by atoms with Gasteiger partial charge in [0, 0.05) is 10.9 Å². The molecule has 0 saturated carbocycles. The third-order valence-corrected chi connectivity index (χ3v) is 4.10. The molecule has 0 aliphatic rings. The summed E-state index contributed by atoms with van der Waals surface area (Å²) in [5, 5.41) is 10.1. The Kier molecular flexibility index (Phi) is 5.90. The number of Topliss-reactive ketones (excluding diaryl/α,β-unsaturated/α-hetero) is 1. The topological polar surface area (TPSA) is 54.4 Å². The number of carbonyl (C=O) groups excluding carboxylic acids is 1. The second-order valence-corrected chi connectivity index (χ2v) is 5.83. The van der Waals surface area contributed by atoms with E-state index in [0.29, 0.717) is 17.3 Å². The van der Waals surface area contributed by atoms with E-state index < -0.39 is 17.8 Å². The molecule has 2 unspecified atom stereocenters. The van der Waals surface area contributed by atoms with Crippen molar-refractivity contribution in [1.29, 1.82) is 0 Å². The minimum Gasteiger partial charge on any atom is -0.481 e. The molecule has 0 saturated heterocycles. The predicted molar refractivity (Wildman–Crippen MR) is 89.5 cm³/mol. The number of alkyl halides is 1. The maximum absolute atomic E-state index is 12.9. The Hall–Kier alpha value is -1.94. The fraction of sp³-hybridized carbons (Fsp3) is 0.222. The number of rotatable bonds is 7. The van der Waals surface area contributed by atoms with Gasteiger partial charge in [0.2, 0.25) is 0 Å². The molecule has 2 aromatic carbocycles. The fourth-order valence-corrected chi connectivity index (χ4v) is 3.05. The van der Waals surface area contributed by atoms with Crippen LogP contribution < -0.4 is 0 Å². The molecule has 0 aliphatic carbocycles. The van der Waals surface area contributed by atoms with Gasteiger partial charge in [-0.2, -0.15) is 0 Å². The smallest absolute Gasteiger partial charge is 0.307 e. The third kappa shape index (κ3) is 3.83. The fourth-order valence-electron chi connectivity index (χ4n) is 2.56. The molecule has 0 fully saturated rings. The van der Waals surface area contributed by atoms with E-state index in [9.17, 15) is 14.7 Å². The molecule has 3 nitrogen and oxygen atoms in total. The van der Waals surface area contributed by atoms with Crippen molar-refractivity contribution in [2.75, 3.05) is 5.33 Å². The van der Waals surface area contributed by atoms with Crippen LogP contribution in [0.25, 0.3) is 0 Å². The number of hydrogen-bond acceptors (Lipinski definition) is 2. The van der Waals surface area contributed by atoms with Crippen molar-refractivity contribution >= 4 is 27.7 Å². The first-order valence-corrected chi connectivity index (χ1v) is 8.20. The Bertz CT molecular complexity index is 625. The summed E-state index contributed by atoms with van der Waals surface area (Å²) in [5.41, 5.74) is 1.28. The zero-order valence-electron chi connectivity index (χ0n) is 12.0. The van der Waals surface area contributed by atoms with Crippen LogP contribution in [0.5, 0.6) is 0 Å². The van der Waals surface area contributed by atoms with E-state index >= 15 is 0 Å². The molecule has 0 radical (unpaired) electrons. The number of benzene rings is 2. The molecule has 0 heterocycles. The Morgan fingerprint density at radius 2 is 1.50 bits per heavy atom. The van der Waals surface area contributed by atoms with Gasteiger partial charge in [-0.25, -0.2) is 0 Å². The van der Waals surface area contributed by atoms with Gasteiger partial charge in [-0.15, -0.1) is 0 Å². The van der Waals surface area contributed by atoms with Gasteiger partial charge in [-0.1, -0.05) is 76.6 Å². The van der Waals surface area contributed by atoms with Crippen LogP contribution in [0.15, 0.2) is 60.7 Å². The van der Waals surface area contributed by atoms with E-state index in [4.69, 9.17) is 0 Å². The summed E-state index contributed by atoms with van der Waals surface area (Å²) < 4.78 is 0. The molecule has 0 spiro atoms. The second-order valence-electron chi connectivity index (χ2n) is 5.04. The van der Waals surface area contributed by atoms with Crippen molar-refractivity contribution in [3.63, 3.8) is 0 Å². The van der Waals surface area contributed by atoms with Crippen molar-refractivity contribution in [3.8, 4) is 0 Å². The van der Waals surface area contributed by atoms with E-state index in [1.165, 1.54) is 0 Å².